The first-order valence-corrected chi connectivity index (χ1v) is 6.62. The molecule has 19 heavy (non-hydrogen) atoms. The maximum atomic E-state index is 11.8. The first-order chi connectivity index (χ1) is 9.15. The summed E-state index contributed by atoms with van der Waals surface area (Å²) in [7, 11) is 0. The summed E-state index contributed by atoms with van der Waals surface area (Å²) in [5.41, 5.74) is 1.60. The van der Waals surface area contributed by atoms with Gasteiger partial charge in [0.25, 0.3) is 5.91 Å². The van der Waals surface area contributed by atoms with Gasteiger partial charge >= 0.3 is 0 Å². The molecule has 1 amide bonds. The number of nitrogens with zero attached hydrogens (tertiary/aromatic N) is 1. The molecule has 0 saturated heterocycles. The average molecular weight is 321 g/mol. The standard InChI is InChI=1S/C14H13BrN2O2/c15-13-6-3-11(9-17-13)14(19)16-8-7-10-1-4-12(18)5-2-10/h1-6,9,18H,7-8H2,(H,16,19). The van der Waals surface area contributed by atoms with Gasteiger partial charge in [0.05, 0.1) is 5.56 Å². The molecule has 4 nitrogen and oxygen atoms in total. The Labute approximate surface area is 119 Å². The second kappa shape index (κ2) is 6.33. The molecule has 0 atom stereocenters. The maximum Gasteiger partial charge on any atom is 0.252 e. The number of nitrogens with one attached hydrogen (secondary N) is 1. The quantitative estimate of drug-likeness (QED) is 0.851. The van der Waals surface area contributed by atoms with Crippen molar-refractivity contribution in [3.05, 3.63) is 58.3 Å². The van der Waals surface area contributed by atoms with Gasteiger partial charge < -0.3 is 10.4 Å². The number of carbonyl (C=O) groups is 1. The van der Waals surface area contributed by atoms with Crippen LogP contribution < -0.4 is 5.32 Å². The van der Waals surface area contributed by atoms with Gasteiger partial charge in [0, 0.05) is 12.7 Å². The van der Waals surface area contributed by atoms with Gasteiger partial charge in [-0.05, 0) is 52.2 Å². The van der Waals surface area contributed by atoms with Crippen molar-refractivity contribution in [2.45, 2.75) is 6.42 Å². The van der Waals surface area contributed by atoms with E-state index in [9.17, 15) is 4.79 Å². The molecule has 0 saturated carbocycles. The molecule has 0 aliphatic rings. The minimum Gasteiger partial charge on any atom is -0.508 e. The number of hydrogen-bond acceptors (Lipinski definition) is 3. The topological polar surface area (TPSA) is 62.2 Å². The van der Waals surface area contributed by atoms with Crippen LogP contribution in [-0.4, -0.2) is 22.5 Å². The van der Waals surface area contributed by atoms with Gasteiger partial charge in [-0.2, -0.15) is 0 Å². The van der Waals surface area contributed by atoms with Crippen LogP contribution in [0, 0.1) is 0 Å². The van der Waals surface area contributed by atoms with Gasteiger partial charge in [-0.15, -0.1) is 0 Å². The average Bonchev–Trinajstić information content (AvgIpc) is 2.41. The molecule has 0 aliphatic carbocycles. The highest BCUT2D eigenvalue weighted by molar-refractivity contribution is 9.10. The van der Waals surface area contributed by atoms with Crippen molar-refractivity contribution >= 4 is 21.8 Å². The van der Waals surface area contributed by atoms with Gasteiger partial charge in [-0.1, -0.05) is 12.1 Å². The SMILES string of the molecule is O=C(NCCc1ccc(O)cc1)c1ccc(Br)nc1. The van der Waals surface area contributed by atoms with Crippen LogP contribution in [0.2, 0.25) is 0 Å². The molecule has 1 heterocycles. The smallest absolute Gasteiger partial charge is 0.252 e. The normalized spacial score (nSPS) is 10.2. The predicted molar refractivity (Wildman–Crippen MR) is 76.1 cm³/mol. The van der Waals surface area contributed by atoms with Crippen molar-refractivity contribution in [1.82, 2.24) is 10.3 Å². The Morgan fingerprint density at radius 2 is 1.95 bits per heavy atom. The summed E-state index contributed by atoms with van der Waals surface area (Å²) in [6.07, 6.45) is 2.25. The fraction of sp³-hybridized carbons (Fsp3) is 0.143. The fourth-order valence-corrected chi connectivity index (χ4v) is 1.83. The van der Waals surface area contributed by atoms with Gasteiger partial charge in [-0.25, -0.2) is 4.98 Å². The number of halogens is 1. The Bertz CT molecular complexity index is 553. The van der Waals surface area contributed by atoms with Crippen LogP contribution >= 0.6 is 15.9 Å². The number of aromatic nitrogens is 1. The van der Waals surface area contributed by atoms with E-state index in [1.807, 2.05) is 12.1 Å². The van der Waals surface area contributed by atoms with Crippen LogP contribution in [0.15, 0.2) is 47.2 Å². The lowest BCUT2D eigenvalue weighted by atomic mass is 10.1. The van der Waals surface area contributed by atoms with Crippen LogP contribution in [0.1, 0.15) is 15.9 Å². The zero-order valence-electron chi connectivity index (χ0n) is 10.1. The summed E-state index contributed by atoms with van der Waals surface area (Å²) < 4.78 is 0.702. The van der Waals surface area contributed by atoms with Gasteiger partial charge in [0.1, 0.15) is 10.4 Å². The number of benzene rings is 1. The van der Waals surface area contributed by atoms with Crippen molar-refractivity contribution in [3.8, 4) is 5.75 Å². The van der Waals surface area contributed by atoms with Crippen molar-refractivity contribution in [2.24, 2.45) is 0 Å². The number of phenolic OH excluding ortho intramolecular Hbond substituents is 1. The van der Waals surface area contributed by atoms with Crippen LogP contribution in [0.5, 0.6) is 5.75 Å². The second-order valence-electron chi connectivity index (χ2n) is 4.04. The highest BCUT2D eigenvalue weighted by atomic mass is 79.9. The molecule has 0 fully saturated rings. The number of aromatic hydroxyl groups is 1. The number of amides is 1. The van der Waals surface area contributed by atoms with Crippen LogP contribution in [0.4, 0.5) is 0 Å². The zero-order valence-corrected chi connectivity index (χ0v) is 11.7. The molecule has 2 N–H and O–H groups in total. The summed E-state index contributed by atoms with van der Waals surface area (Å²) in [6.45, 7) is 0.541. The molecule has 0 unspecified atom stereocenters. The molecule has 0 aliphatic heterocycles. The Morgan fingerprint density at radius 3 is 2.58 bits per heavy atom. The van der Waals surface area contributed by atoms with Crippen molar-refractivity contribution in [3.63, 3.8) is 0 Å². The Balaban J connectivity index is 1.84. The summed E-state index contributed by atoms with van der Waals surface area (Å²) in [6, 6.07) is 10.4. The first-order valence-electron chi connectivity index (χ1n) is 5.83. The van der Waals surface area contributed by atoms with Crippen LogP contribution in [-0.2, 0) is 6.42 Å². The molecular formula is C14H13BrN2O2. The number of hydrogen-bond donors (Lipinski definition) is 2. The van der Waals surface area contributed by atoms with E-state index in [1.54, 1.807) is 24.3 Å². The molecular weight excluding hydrogens is 308 g/mol. The van der Waals surface area contributed by atoms with Gasteiger partial charge in [0.15, 0.2) is 0 Å². The van der Waals surface area contributed by atoms with E-state index in [0.717, 1.165) is 12.0 Å². The summed E-state index contributed by atoms with van der Waals surface area (Å²) >= 11 is 3.22. The maximum absolute atomic E-state index is 11.8. The van der Waals surface area contributed by atoms with E-state index in [1.165, 1.54) is 6.20 Å². The molecule has 0 radical (unpaired) electrons. The Kier molecular flexibility index (Phi) is 4.52. The third-order valence-corrected chi connectivity index (χ3v) is 3.09. The molecule has 1 aromatic heterocycles. The minimum atomic E-state index is -0.140. The summed E-state index contributed by atoms with van der Waals surface area (Å²) in [5.74, 6) is 0.104. The van der Waals surface area contributed by atoms with Crippen molar-refractivity contribution in [2.75, 3.05) is 6.54 Å². The Hall–Kier alpha value is -1.88. The molecule has 2 aromatic rings. The number of phenols is 1. The lowest BCUT2D eigenvalue weighted by molar-refractivity contribution is 0.0953. The minimum absolute atomic E-state index is 0.140. The van der Waals surface area contributed by atoms with Gasteiger partial charge in [-0.3, -0.25) is 4.79 Å². The fourth-order valence-electron chi connectivity index (χ4n) is 1.60. The van der Waals surface area contributed by atoms with E-state index in [4.69, 9.17) is 5.11 Å². The van der Waals surface area contributed by atoms with Crippen LogP contribution in [0.25, 0.3) is 0 Å². The number of rotatable bonds is 4. The monoisotopic (exact) mass is 320 g/mol. The van der Waals surface area contributed by atoms with Crippen molar-refractivity contribution in [1.29, 1.82) is 0 Å². The first kappa shape index (κ1) is 13.5. The lowest BCUT2D eigenvalue weighted by Crippen LogP contribution is -2.25. The number of carbonyl (C=O) groups excluding carboxylic acids is 1. The molecule has 0 bridgehead atoms. The van der Waals surface area contributed by atoms with E-state index < -0.39 is 0 Å². The van der Waals surface area contributed by atoms with Gasteiger partial charge in [0.2, 0.25) is 0 Å². The Morgan fingerprint density at radius 1 is 1.21 bits per heavy atom. The van der Waals surface area contributed by atoms with E-state index >= 15 is 0 Å². The molecule has 1 aromatic carbocycles. The highest BCUT2D eigenvalue weighted by Gasteiger charge is 2.04. The zero-order chi connectivity index (χ0) is 13.7. The highest BCUT2D eigenvalue weighted by Crippen LogP contribution is 2.10. The molecule has 98 valence electrons. The predicted octanol–water partition coefficient (Wildman–Crippen LogP) is 2.52. The van der Waals surface area contributed by atoms with Crippen molar-refractivity contribution < 1.29 is 9.90 Å². The third-order valence-electron chi connectivity index (χ3n) is 2.63. The van der Waals surface area contributed by atoms with E-state index in [-0.39, 0.29) is 11.7 Å². The molecule has 2 rings (SSSR count). The number of pyridine rings is 1. The largest absolute Gasteiger partial charge is 0.508 e. The van der Waals surface area contributed by atoms with Crippen LogP contribution in [0.3, 0.4) is 0 Å². The summed E-state index contributed by atoms with van der Waals surface area (Å²) in [5, 5.41) is 12.0. The molecule has 5 heteroatoms. The van der Waals surface area contributed by atoms with E-state index in [2.05, 4.69) is 26.2 Å². The lowest BCUT2D eigenvalue weighted by Gasteiger charge is -2.05. The summed E-state index contributed by atoms with van der Waals surface area (Å²) in [4.78, 5) is 15.8. The molecule has 0 spiro atoms. The third kappa shape index (κ3) is 4.06. The van der Waals surface area contributed by atoms with E-state index in [0.29, 0.717) is 16.7 Å². The second-order valence-corrected chi connectivity index (χ2v) is 4.85.